The highest BCUT2D eigenvalue weighted by Gasteiger charge is 2.47. The first-order chi connectivity index (χ1) is 65.4. The van der Waals surface area contributed by atoms with Crippen molar-refractivity contribution >= 4 is 123 Å². The Balaban J connectivity index is 0.767. The third kappa shape index (κ3) is 12.6. The fourth-order valence-corrected chi connectivity index (χ4v) is 24.6. The van der Waals surface area contributed by atoms with Gasteiger partial charge in [-0.3, -0.25) is 0 Å². The average Bonchev–Trinajstić information content (AvgIpc) is 0.788. The number of hydrogen-bond acceptors (Lipinski definition) is 2. The van der Waals surface area contributed by atoms with Crippen LogP contribution >= 0.6 is 0 Å². The molecule has 5 heterocycles. The minimum absolute atomic E-state index is 0.0265. The summed E-state index contributed by atoms with van der Waals surface area (Å²) in [7, 11) is 0. The zero-order valence-corrected chi connectivity index (χ0v) is 76.6. The second-order valence-electron chi connectivity index (χ2n) is 40.6. The highest BCUT2D eigenvalue weighted by Crippen LogP contribution is 2.55. The van der Waals surface area contributed by atoms with Crippen LogP contribution in [0.4, 0.5) is 34.1 Å². The molecule has 0 bridgehead atoms. The maximum atomic E-state index is 2.66. The molecule has 5 nitrogen and oxygen atoms in total. The van der Waals surface area contributed by atoms with Gasteiger partial charge in [-0.2, -0.15) is 0 Å². The smallest absolute Gasteiger partial charge is 0.252 e. The Bertz CT molecular complexity index is 7880. The number of fused-ring (bicyclic) bond motifs is 15. The predicted octanol–water partition coefficient (Wildman–Crippen LogP) is 32.3. The van der Waals surface area contributed by atoms with Crippen LogP contribution in [-0.4, -0.2) is 20.4 Å². The molecule has 134 heavy (non-hydrogen) atoms. The summed E-state index contributed by atoms with van der Waals surface area (Å²) in [4.78, 5) is 5.31. The summed E-state index contributed by atoms with van der Waals surface area (Å²) in [6.45, 7) is 19.1. The van der Waals surface area contributed by atoms with Crippen LogP contribution in [0, 0.1) is 0 Å². The average molecular weight is 1720 g/mol. The molecule has 0 radical (unpaired) electrons. The van der Waals surface area contributed by atoms with Gasteiger partial charge in [-0.25, -0.2) is 0 Å². The van der Waals surface area contributed by atoms with Gasteiger partial charge in [-0.15, -0.1) is 0 Å². The van der Waals surface area contributed by atoms with Gasteiger partial charge in [0.05, 0.1) is 38.8 Å². The number of hydrogen-bond donors (Lipinski definition) is 0. The molecule has 638 valence electrons. The van der Waals surface area contributed by atoms with E-state index in [9.17, 15) is 0 Å². The molecule has 26 rings (SSSR count). The Morgan fingerprint density at radius 1 is 0.179 bits per heavy atom. The van der Waals surface area contributed by atoms with Crippen molar-refractivity contribution in [2.45, 2.75) is 89.9 Å². The van der Waals surface area contributed by atoms with Crippen molar-refractivity contribution in [1.29, 1.82) is 0 Å². The quantitative estimate of drug-likeness (QED) is 0.107. The van der Waals surface area contributed by atoms with Crippen LogP contribution in [0.2, 0.25) is 0 Å². The molecule has 19 aromatic carbocycles. The Kier molecular flexibility index (Phi) is 17.7. The SMILES string of the molecule is CC1(C)CC(C)(C)c2cc(-c3ccc(N4c5cc(-n6c7ccc(-c8ccccc8)cc7c7cc(-c8ccccc8)ccc76)ccc5B5c6ccc(-n7c8ccc(-c9ccccc9)cc8c8cc(-c9ccccc9)ccc87)cc6N(c6ccc(-c7ccc8c(c7)C(C)(C)CC8(C)C)cc6)c6cc(-n7c8ccc(-c9ccccc9)cc8c8cc(-c9ccccc9)ccc87)cc4c65)cc3)ccc21. The van der Waals surface area contributed by atoms with Crippen LogP contribution in [0.1, 0.15) is 90.5 Å². The summed E-state index contributed by atoms with van der Waals surface area (Å²) in [5.41, 5.74) is 45.1. The molecular weight excluding hydrogens is 1620 g/mol. The Morgan fingerprint density at radius 2 is 0.396 bits per heavy atom. The third-order valence-corrected chi connectivity index (χ3v) is 30.4. The molecule has 2 aliphatic carbocycles. The summed E-state index contributed by atoms with van der Waals surface area (Å²) >= 11 is 0. The van der Waals surface area contributed by atoms with Crippen molar-refractivity contribution in [2.75, 3.05) is 9.80 Å². The molecule has 0 saturated heterocycles. The molecule has 3 aromatic heterocycles. The van der Waals surface area contributed by atoms with Gasteiger partial charge in [0.1, 0.15) is 0 Å². The van der Waals surface area contributed by atoms with Crippen LogP contribution < -0.4 is 26.2 Å². The lowest BCUT2D eigenvalue weighted by Gasteiger charge is -2.44. The molecule has 0 unspecified atom stereocenters. The van der Waals surface area contributed by atoms with Crippen molar-refractivity contribution in [3.63, 3.8) is 0 Å². The first-order valence-electron chi connectivity index (χ1n) is 47.5. The maximum Gasteiger partial charge on any atom is 0.252 e. The molecule has 0 spiro atoms. The Labute approximate surface area is 783 Å². The third-order valence-electron chi connectivity index (χ3n) is 30.4. The molecule has 2 aliphatic heterocycles. The van der Waals surface area contributed by atoms with Crippen LogP contribution in [-0.2, 0) is 21.7 Å². The fraction of sp³-hybridized carbons (Fsp3) is 0.109. The van der Waals surface area contributed by atoms with E-state index in [1.54, 1.807) is 0 Å². The summed E-state index contributed by atoms with van der Waals surface area (Å²) in [6.07, 6.45) is 2.20. The normalized spacial score (nSPS) is 14.7. The highest BCUT2D eigenvalue weighted by atomic mass is 15.2. The number of nitrogens with zero attached hydrogens (tertiary/aromatic N) is 5. The van der Waals surface area contributed by atoms with Gasteiger partial charge in [0.25, 0.3) is 6.71 Å². The van der Waals surface area contributed by atoms with Gasteiger partial charge < -0.3 is 23.5 Å². The van der Waals surface area contributed by atoms with Crippen molar-refractivity contribution in [1.82, 2.24) is 13.7 Å². The lowest BCUT2D eigenvalue weighted by atomic mass is 9.33. The first-order valence-corrected chi connectivity index (χ1v) is 47.5. The van der Waals surface area contributed by atoms with E-state index in [4.69, 9.17) is 0 Å². The van der Waals surface area contributed by atoms with E-state index in [1.165, 1.54) is 160 Å². The van der Waals surface area contributed by atoms with Crippen LogP contribution in [0.15, 0.2) is 425 Å². The van der Waals surface area contributed by atoms with E-state index in [0.29, 0.717) is 0 Å². The van der Waals surface area contributed by atoms with Crippen LogP contribution in [0.3, 0.4) is 0 Å². The molecule has 0 saturated carbocycles. The zero-order valence-electron chi connectivity index (χ0n) is 76.6. The summed E-state index contributed by atoms with van der Waals surface area (Å²) in [5, 5.41) is 7.15. The van der Waals surface area contributed by atoms with Gasteiger partial charge in [0.2, 0.25) is 0 Å². The maximum absolute atomic E-state index is 2.66. The van der Waals surface area contributed by atoms with E-state index in [0.717, 1.165) is 97.1 Å². The van der Waals surface area contributed by atoms with Crippen LogP contribution in [0.5, 0.6) is 0 Å². The minimum atomic E-state index is -0.286. The fourth-order valence-electron chi connectivity index (χ4n) is 24.6. The van der Waals surface area contributed by atoms with Gasteiger partial charge in [0, 0.05) is 77.8 Å². The molecule has 6 heteroatoms. The van der Waals surface area contributed by atoms with Gasteiger partial charge in [0.15, 0.2) is 0 Å². The first kappa shape index (κ1) is 79.2. The summed E-state index contributed by atoms with van der Waals surface area (Å²) in [5.74, 6) is 0. The summed E-state index contributed by atoms with van der Waals surface area (Å²) < 4.78 is 7.68. The molecule has 0 fully saturated rings. The Morgan fingerprint density at radius 3 is 0.672 bits per heavy atom. The molecular formula is C128H98BN5. The second-order valence-corrected chi connectivity index (χ2v) is 40.6. The number of aromatic nitrogens is 3. The molecule has 0 atom stereocenters. The van der Waals surface area contributed by atoms with E-state index in [2.05, 4.69) is 504 Å². The molecule has 4 aliphatic rings. The van der Waals surface area contributed by atoms with Crippen molar-refractivity contribution in [2.24, 2.45) is 0 Å². The minimum Gasteiger partial charge on any atom is -0.311 e. The van der Waals surface area contributed by atoms with Gasteiger partial charge in [-0.1, -0.05) is 347 Å². The monoisotopic (exact) mass is 1720 g/mol. The Hall–Kier alpha value is -15.8. The van der Waals surface area contributed by atoms with Crippen LogP contribution in [0.25, 0.3) is 171 Å². The van der Waals surface area contributed by atoms with Gasteiger partial charge in [-0.05, 0) is 296 Å². The summed E-state index contributed by atoms with van der Waals surface area (Å²) in [6, 6.07) is 162. The van der Waals surface area contributed by atoms with E-state index in [-0.39, 0.29) is 28.4 Å². The lowest BCUT2D eigenvalue weighted by molar-refractivity contribution is 0.402. The second kappa shape index (κ2) is 29.9. The molecule has 0 amide bonds. The molecule has 22 aromatic rings. The van der Waals surface area contributed by atoms with E-state index in [1.807, 2.05) is 0 Å². The zero-order chi connectivity index (χ0) is 89.8. The number of rotatable bonds is 13. The topological polar surface area (TPSA) is 21.3 Å². The standard InChI is InChI=1S/C128H98BN5/c1-125(2)79-127(5,6)110-73-95(43-57-108(110)125)87-39-51-97(52-40-87)130-120-75-99(132-114-61-45-89(81-27-15-9-16-28-81)67-102(114)103-68-90(46-62-115(103)132)82-29-17-10-18-30-82)55-59-112(120)129-113-60-56-100(133-116-63-47-91(83-31-19-11-20-32-83)69-104(116)105-70-92(48-64-117(105)133)84-33-21-12-22-34-84)76-121(113)131(98-53-41-88(42-54-98)96-44-58-109-111(74-96)128(7,8)80-126(109,3)4)123-78-101(77-122(130)124(123)129)134-118-65-49-93(85-35-23-13-24-36-85)71-106(118)107-72-94(50-66-119(107)134)86-37-25-14-26-38-86/h9-78H,79-80H2,1-8H3. The number of anilines is 6. The van der Waals surface area contributed by atoms with Crippen molar-refractivity contribution in [3.05, 3.63) is 447 Å². The lowest BCUT2D eigenvalue weighted by Crippen LogP contribution is -2.61. The van der Waals surface area contributed by atoms with Gasteiger partial charge >= 0.3 is 0 Å². The highest BCUT2D eigenvalue weighted by molar-refractivity contribution is 7.00. The van der Waals surface area contributed by atoms with Crippen molar-refractivity contribution < 1.29 is 0 Å². The molecule has 0 N–H and O–H groups in total. The predicted molar refractivity (Wildman–Crippen MR) is 568 cm³/mol. The van der Waals surface area contributed by atoms with E-state index < -0.39 is 0 Å². The van der Waals surface area contributed by atoms with E-state index >= 15 is 0 Å². The van der Waals surface area contributed by atoms with Crippen molar-refractivity contribution in [3.8, 4) is 106 Å². The number of benzene rings is 19. The largest absolute Gasteiger partial charge is 0.311 e.